The summed E-state index contributed by atoms with van der Waals surface area (Å²) in [5.74, 6) is 0.0618. The minimum atomic E-state index is -1.71. The maximum atomic E-state index is 12.9. The number of para-hydroxylation sites is 1. The Morgan fingerprint density at radius 2 is 0.977 bits per heavy atom. The molecular formula is C38H44BrN2OP. The molecule has 1 aliphatic rings. The number of carbonyl (C=O) groups is 1. The van der Waals surface area contributed by atoms with Gasteiger partial charge in [-0.25, -0.2) is 5.01 Å². The smallest absolute Gasteiger partial charge is 0.256 e. The SMILES string of the molecule is CC1=NN(c2ccccc2)C(=O)C1CCCCCCCCCC[P+](c1ccccc1)(c1ccccc1)c1ccccc1.[Br-]. The number of carbonyl (C=O) groups excluding carboxylic acids is 1. The summed E-state index contributed by atoms with van der Waals surface area (Å²) in [6.07, 6.45) is 12.0. The van der Waals surface area contributed by atoms with Crippen molar-refractivity contribution in [2.75, 3.05) is 11.2 Å². The lowest BCUT2D eigenvalue weighted by Gasteiger charge is -2.27. The van der Waals surface area contributed by atoms with Gasteiger partial charge in [-0.3, -0.25) is 4.79 Å². The molecule has 5 rings (SSSR count). The number of halogens is 1. The summed E-state index contributed by atoms with van der Waals surface area (Å²) in [5.41, 5.74) is 1.81. The Labute approximate surface area is 269 Å². The second-order valence-corrected chi connectivity index (χ2v) is 15.1. The Hall–Kier alpha value is -3.07. The van der Waals surface area contributed by atoms with Gasteiger partial charge in [-0.15, -0.1) is 0 Å². The van der Waals surface area contributed by atoms with Crippen molar-refractivity contribution in [3.63, 3.8) is 0 Å². The molecule has 5 heteroatoms. The van der Waals surface area contributed by atoms with Gasteiger partial charge in [0.05, 0.1) is 17.8 Å². The highest BCUT2D eigenvalue weighted by molar-refractivity contribution is 7.95. The molecule has 0 bridgehead atoms. The number of amides is 1. The van der Waals surface area contributed by atoms with E-state index in [0.29, 0.717) is 0 Å². The summed E-state index contributed by atoms with van der Waals surface area (Å²) in [6.45, 7) is 2.00. The molecule has 224 valence electrons. The molecular weight excluding hydrogens is 611 g/mol. The number of anilines is 1. The molecule has 3 nitrogen and oxygen atoms in total. The summed E-state index contributed by atoms with van der Waals surface area (Å²) in [7, 11) is -1.71. The Morgan fingerprint density at radius 1 is 0.581 bits per heavy atom. The molecule has 1 atom stereocenters. The first-order valence-corrected chi connectivity index (χ1v) is 17.7. The zero-order chi connectivity index (χ0) is 29.0. The van der Waals surface area contributed by atoms with Gasteiger partial charge in [0, 0.05) is 5.71 Å². The first-order valence-electron chi connectivity index (χ1n) is 15.7. The lowest BCUT2D eigenvalue weighted by molar-refractivity contribution is -0.119. The third-order valence-electron chi connectivity index (χ3n) is 8.60. The van der Waals surface area contributed by atoms with Crippen molar-refractivity contribution < 1.29 is 21.8 Å². The van der Waals surface area contributed by atoms with Gasteiger partial charge in [0.15, 0.2) is 0 Å². The fraction of sp³-hybridized carbons (Fsp3) is 0.316. The fourth-order valence-corrected chi connectivity index (χ4v) is 10.7. The molecule has 1 amide bonds. The summed E-state index contributed by atoms with van der Waals surface area (Å²) < 4.78 is 0. The minimum absolute atomic E-state index is 0. The standard InChI is InChI=1S/C38H44N2OP.BrH/c1-32-37(38(41)40(39-32)33-22-12-8-13-23-33)30-20-6-4-2-3-5-7-21-31-42(34-24-14-9-15-25-34,35-26-16-10-17-27-35)36-28-18-11-19-29-36;/h8-19,22-29,37H,2-7,20-21,30-31H2,1H3;1H/q+1;/p-1. The quantitative estimate of drug-likeness (QED) is 0.123. The monoisotopic (exact) mass is 654 g/mol. The second kappa shape index (κ2) is 16.7. The van der Waals surface area contributed by atoms with E-state index in [1.165, 1.54) is 67.0 Å². The highest BCUT2D eigenvalue weighted by Gasteiger charge is 2.44. The van der Waals surface area contributed by atoms with E-state index in [0.717, 1.165) is 24.2 Å². The lowest BCUT2D eigenvalue weighted by Crippen LogP contribution is -3.00. The van der Waals surface area contributed by atoms with Crippen LogP contribution in [0.15, 0.2) is 126 Å². The second-order valence-electron chi connectivity index (χ2n) is 11.4. The number of hydrogen-bond acceptors (Lipinski definition) is 2. The van der Waals surface area contributed by atoms with E-state index in [1.54, 1.807) is 5.01 Å². The van der Waals surface area contributed by atoms with Gasteiger partial charge in [0.1, 0.15) is 23.2 Å². The Bertz CT molecular complexity index is 1320. The third-order valence-corrected chi connectivity index (χ3v) is 13.1. The van der Waals surface area contributed by atoms with E-state index in [1.807, 2.05) is 37.3 Å². The van der Waals surface area contributed by atoms with Crippen LogP contribution in [0.5, 0.6) is 0 Å². The van der Waals surface area contributed by atoms with Gasteiger partial charge < -0.3 is 17.0 Å². The Kier molecular flexibility index (Phi) is 12.7. The molecule has 0 saturated carbocycles. The summed E-state index contributed by atoms with van der Waals surface area (Å²) in [4.78, 5) is 12.9. The highest BCUT2D eigenvalue weighted by atomic mass is 79.9. The van der Waals surface area contributed by atoms with Crippen molar-refractivity contribution in [2.45, 2.75) is 64.7 Å². The molecule has 0 N–H and O–H groups in total. The number of benzene rings is 4. The van der Waals surface area contributed by atoms with Crippen LogP contribution in [0.4, 0.5) is 5.69 Å². The predicted molar refractivity (Wildman–Crippen MR) is 182 cm³/mol. The van der Waals surface area contributed by atoms with E-state index in [2.05, 4.69) is 96.1 Å². The summed E-state index contributed by atoms with van der Waals surface area (Å²) in [5, 5.41) is 10.6. The average molecular weight is 656 g/mol. The third kappa shape index (κ3) is 8.11. The molecule has 4 aromatic rings. The van der Waals surface area contributed by atoms with E-state index >= 15 is 0 Å². The van der Waals surface area contributed by atoms with Crippen LogP contribution in [0.1, 0.15) is 64.7 Å². The Balaban J connectivity index is 0.00000423. The van der Waals surface area contributed by atoms with E-state index in [-0.39, 0.29) is 28.8 Å². The maximum Gasteiger partial charge on any atom is 0.256 e. The van der Waals surface area contributed by atoms with Crippen LogP contribution in [0.2, 0.25) is 0 Å². The number of nitrogens with zero attached hydrogens (tertiary/aromatic N) is 2. The van der Waals surface area contributed by atoms with Crippen molar-refractivity contribution >= 4 is 40.5 Å². The molecule has 0 fully saturated rings. The molecule has 0 radical (unpaired) electrons. The molecule has 4 aromatic carbocycles. The van der Waals surface area contributed by atoms with Crippen molar-refractivity contribution in [1.29, 1.82) is 0 Å². The van der Waals surface area contributed by atoms with Gasteiger partial charge in [0.25, 0.3) is 5.91 Å². The fourth-order valence-electron chi connectivity index (χ4n) is 6.33. The van der Waals surface area contributed by atoms with Crippen LogP contribution >= 0.6 is 7.26 Å². The molecule has 1 unspecified atom stereocenters. The first kappa shape index (κ1) is 32.8. The van der Waals surface area contributed by atoms with Crippen LogP contribution in [-0.4, -0.2) is 17.8 Å². The van der Waals surface area contributed by atoms with E-state index in [4.69, 9.17) is 0 Å². The molecule has 0 aliphatic carbocycles. The highest BCUT2D eigenvalue weighted by Crippen LogP contribution is 2.56. The van der Waals surface area contributed by atoms with Crippen molar-refractivity contribution in [2.24, 2.45) is 11.0 Å². The minimum Gasteiger partial charge on any atom is -1.00 e. The topological polar surface area (TPSA) is 32.7 Å². The molecule has 0 aromatic heterocycles. The van der Waals surface area contributed by atoms with Crippen LogP contribution in [-0.2, 0) is 4.79 Å². The van der Waals surface area contributed by atoms with Gasteiger partial charge in [0.2, 0.25) is 0 Å². The number of hydrazone groups is 1. The zero-order valence-electron chi connectivity index (χ0n) is 25.3. The first-order chi connectivity index (χ1) is 20.7. The number of hydrogen-bond donors (Lipinski definition) is 0. The van der Waals surface area contributed by atoms with Gasteiger partial charge in [-0.05, 0) is 74.7 Å². The van der Waals surface area contributed by atoms with Gasteiger partial charge >= 0.3 is 0 Å². The average Bonchev–Trinajstić information content (AvgIpc) is 3.34. The lowest BCUT2D eigenvalue weighted by atomic mass is 9.96. The molecule has 1 heterocycles. The molecule has 43 heavy (non-hydrogen) atoms. The normalized spacial score (nSPS) is 14.8. The predicted octanol–water partition coefficient (Wildman–Crippen LogP) is 5.53. The van der Waals surface area contributed by atoms with Crippen molar-refractivity contribution in [3.8, 4) is 0 Å². The van der Waals surface area contributed by atoms with Crippen molar-refractivity contribution in [3.05, 3.63) is 121 Å². The molecule has 0 saturated heterocycles. The Morgan fingerprint density at radius 3 is 1.44 bits per heavy atom. The van der Waals surface area contributed by atoms with Crippen LogP contribution < -0.4 is 37.9 Å². The molecule has 1 aliphatic heterocycles. The van der Waals surface area contributed by atoms with E-state index in [9.17, 15) is 4.79 Å². The molecule has 0 spiro atoms. The summed E-state index contributed by atoms with van der Waals surface area (Å²) >= 11 is 0. The number of unbranched alkanes of at least 4 members (excludes halogenated alkanes) is 7. The van der Waals surface area contributed by atoms with Crippen LogP contribution in [0.3, 0.4) is 0 Å². The zero-order valence-corrected chi connectivity index (χ0v) is 27.8. The van der Waals surface area contributed by atoms with E-state index < -0.39 is 7.26 Å². The van der Waals surface area contributed by atoms with Crippen LogP contribution in [0, 0.1) is 5.92 Å². The van der Waals surface area contributed by atoms with Gasteiger partial charge in [-0.2, -0.15) is 5.10 Å². The summed E-state index contributed by atoms with van der Waals surface area (Å²) in [6, 6.07) is 43.4. The van der Waals surface area contributed by atoms with Crippen molar-refractivity contribution in [1.82, 2.24) is 0 Å². The largest absolute Gasteiger partial charge is 1.00 e. The number of rotatable bonds is 15. The van der Waals surface area contributed by atoms with Gasteiger partial charge in [-0.1, -0.05) is 111 Å². The van der Waals surface area contributed by atoms with Crippen LogP contribution in [0.25, 0.3) is 0 Å². The maximum absolute atomic E-state index is 12.9.